The summed E-state index contributed by atoms with van der Waals surface area (Å²) >= 11 is 1.91. The van der Waals surface area contributed by atoms with Crippen molar-refractivity contribution in [1.82, 2.24) is 4.72 Å². The van der Waals surface area contributed by atoms with Crippen LogP contribution in [-0.2, 0) is 28.1 Å². The fourth-order valence-electron chi connectivity index (χ4n) is 6.48. The molecule has 1 aliphatic carbocycles. The van der Waals surface area contributed by atoms with E-state index in [1.54, 1.807) is 6.92 Å². The van der Waals surface area contributed by atoms with Gasteiger partial charge in [0.15, 0.2) is 25.0 Å². The molecule has 1 amide bonds. The van der Waals surface area contributed by atoms with Gasteiger partial charge in [-0.15, -0.1) is 11.8 Å². The van der Waals surface area contributed by atoms with Crippen LogP contribution >= 0.6 is 11.8 Å². The van der Waals surface area contributed by atoms with E-state index in [0.29, 0.717) is 18.3 Å². The van der Waals surface area contributed by atoms with Crippen molar-refractivity contribution in [2.45, 2.75) is 205 Å². The summed E-state index contributed by atoms with van der Waals surface area (Å²) in [7, 11) is -9.69. The van der Waals surface area contributed by atoms with Crippen LogP contribution in [0.3, 0.4) is 0 Å². The summed E-state index contributed by atoms with van der Waals surface area (Å²) in [4.78, 5) is 13.5. The molecule has 0 saturated heterocycles. The molecule has 1 fully saturated rings. The Balaban J connectivity index is 2.41. The zero-order valence-electron chi connectivity index (χ0n) is 37.3. The molecule has 54 heavy (non-hydrogen) atoms. The number of unbranched alkanes of at least 4 members (excludes halogenated alkanes) is 3. The molecule has 5 atom stereocenters. The van der Waals surface area contributed by atoms with E-state index in [-0.39, 0.29) is 45.6 Å². The van der Waals surface area contributed by atoms with Gasteiger partial charge >= 0.3 is 0 Å². The maximum absolute atomic E-state index is 12.3. The van der Waals surface area contributed by atoms with Gasteiger partial charge in [0.25, 0.3) is 0 Å². The van der Waals surface area contributed by atoms with Gasteiger partial charge in [-0.1, -0.05) is 99.8 Å². The number of benzene rings is 1. The van der Waals surface area contributed by atoms with E-state index in [1.165, 1.54) is 4.90 Å². The second kappa shape index (κ2) is 20.0. The lowest BCUT2D eigenvalue weighted by atomic mass is 9.85. The molecule has 1 N–H and O–H groups in total. The highest BCUT2D eigenvalue weighted by molar-refractivity contribution is 7.99. The molecule has 1 unspecified atom stereocenters. The average molecular weight is 845 g/mol. The highest BCUT2D eigenvalue weighted by atomic mass is 32.2. The van der Waals surface area contributed by atoms with Gasteiger partial charge in [-0.2, -0.15) is 0 Å². The minimum absolute atomic E-state index is 0.0887. The van der Waals surface area contributed by atoms with E-state index < -0.39 is 40.9 Å². The molecule has 7 nitrogen and oxygen atoms in total. The molecule has 2 rings (SSSR count). The molecule has 0 heterocycles. The van der Waals surface area contributed by atoms with Gasteiger partial charge in [0, 0.05) is 17.1 Å². The number of hydrogen-bond acceptors (Lipinski definition) is 7. The predicted octanol–water partition coefficient (Wildman–Crippen LogP) is 12.2. The van der Waals surface area contributed by atoms with Crippen molar-refractivity contribution < 1.29 is 26.5 Å². The maximum atomic E-state index is 12.3. The molecular formula is C42H81NO6S2Si3. The SMILES string of the molecule is CCS(=O)(=O)NC(=O)CCCCCC[C@@H]1[C@@H](CCC(CSc2ccccc2)O[Si](C)(C)C(C)(C)C)[C@H](O[Si](C)(C)C(C)(C)C)C[C@@H]1O[Si](C)(C)C(C)(C)C. The molecule has 314 valence electrons. The lowest BCUT2D eigenvalue weighted by molar-refractivity contribution is -0.119. The monoisotopic (exact) mass is 843 g/mol. The first kappa shape index (κ1) is 49.7. The number of rotatable bonds is 21. The third kappa shape index (κ3) is 15.4. The lowest BCUT2D eigenvalue weighted by Gasteiger charge is -2.41. The van der Waals surface area contributed by atoms with E-state index in [2.05, 4.69) is 137 Å². The number of carbonyl (C=O) groups excluding carboxylic acids is 1. The Morgan fingerprint density at radius 2 is 1.24 bits per heavy atom. The van der Waals surface area contributed by atoms with Crippen molar-refractivity contribution in [1.29, 1.82) is 0 Å². The number of hydrogen-bond donors (Lipinski definition) is 1. The molecule has 0 aromatic heterocycles. The second-order valence-corrected chi connectivity index (χ2v) is 37.9. The van der Waals surface area contributed by atoms with E-state index in [0.717, 1.165) is 50.7 Å². The molecule has 1 aliphatic rings. The normalized spacial score (nSPS) is 21.3. The van der Waals surface area contributed by atoms with E-state index in [9.17, 15) is 13.2 Å². The Labute approximate surface area is 340 Å². The minimum Gasteiger partial charge on any atom is -0.414 e. The molecule has 0 spiro atoms. The molecule has 0 bridgehead atoms. The Hall–Kier alpha value is -0.479. The quantitative estimate of drug-likeness (QED) is 0.0749. The fourth-order valence-corrected chi connectivity index (χ4v) is 12.3. The van der Waals surface area contributed by atoms with Crippen LogP contribution in [0.1, 0.15) is 127 Å². The highest BCUT2D eigenvalue weighted by Gasteiger charge is 2.51. The van der Waals surface area contributed by atoms with Gasteiger partial charge < -0.3 is 13.3 Å². The molecular weight excluding hydrogens is 763 g/mol. The predicted molar refractivity (Wildman–Crippen MR) is 240 cm³/mol. The minimum atomic E-state index is -3.52. The standard InChI is InChI=1S/C42H81NO6S2Si3/c1-17-51(45,46)43-39(44)28-24-19-18-23-27-35-36(30-29-33(47-52(11,12)40(2,3)4)32-50-34-25-21-20-22-26-34)38(49-54(15,16)42(8,9)10)31-37(35)48-53(13,14)41(5,6)7/h20-22,25-26,33,35-38H,17-19,23-24,27-32H2,1-16H3,(H,43,44)/t33?,35-,36-,37+,38-/m1/s1. The lowest BCUT2D eigenvalue weighted by Crippen LogP contribution is -2.46. The summed E-state index contributed by atoms with van der Waals surface area (Å²) in [5.74, 6) is 1.18. The molecule has 0 radical (unpaired) electrons. The molecule has 0 aliphatic heterocycles. The largest absolute Gasteiger partial charge is 0.414 e. The van der Waals surface area contributed by atoms with Gasteiger partial charge in [-0.05, 0) is 117 Å². The van der Waals surface area contributed by atoms with Gasteiger partial charge in [-0.3, -0.25) is 9.52 Å². The third-order valence-corrected chi connectivity index (χ3v) is 29.1. The highest BCUT2D eigenvalue weighted by Crippen LogP contribution is 2.49. The topological polar surface area (TPSA) is 90.9 Å². The van der Waals surface area contributed by atoms with Crippen molar-refractivity contribution >= 4 is 52.6 Å². The van der Waals surface area contributed by atoms with Crippen LogP contribution in [0.5, 0.6) is 0 Å². The van der Waals surface area contributed by atoms with Crippen LogP contribution in [-0.4, -0.2) is 69.1 Å². The number of carbonyl (C=O) groups is 1. The summed E-state index contributed by atoms with van der Waals surface area (Å²) < 4.78 is 47.9. The van der Waals surface area contributed by atoms with Crippen molar-refractivity contribution in [3.8, 4) is 0 Å². The van der Waals surface area contributed by atoms with Crippen molar-refractivity contribution in [2.24, 2.45) is 11.8 Å². The van der Waals surface area contributed by atoms with Crippen LogP contribution < -0.4 is 4.72 Å². The number of sulfonamides is 1. The first-order valence-electron chi connectivity index (χ1n) is 20.8. The van der Waals surface area contributed by atoms with E-state index in [1.807, 2.05) is 11.8 Å². The molecule has 1 aromatic rings. The summed E-state index contributed by atoms with van der Waals surface area (Å²) in [6.07, 6.45) is 8.34. The number of thioether (sulfide) groups is 1. The number of amides is 1. The summed E-state index contributed by atoms with van der Waals surface area (Å²) in [5.41, 5.74) is 0. The van der Waals surface area contributed by atoms with Crippen molar-refractivity contribution in [3.63, 3.8) is 0 Å². The summed E-state index contributed by atoms with van der Waals surface area (Å²) in [6.45, 7) is 36.9. The van der Waals surface area contributed by atoms with Gasteiger partial charge in [-0.25, -0.2) is 8.42 Å². The van der Waals surface area contributed by atoms with Crippen molar-refractivity contribution in [2.75, 3.05) is 11.5 Å². The van der Waals surface area contributed by atoms with Crippen LogP contribution in [0, 0.1) is 11.8 Å². The number of nitrogens with one attached hydrogen (secondary N) is 1. The van der Waals surface area contributed by atoms with Gasteiger partial charge in [0.2, 0.25) is 15.9 Å². The van der Waals surface area contributed by atoms with E-state index in [4.69, 9.17) is 13.3 Å². The maximum Gasteiger partial charge on any atom is 0.234 e. The van der Waals surface area contributed by atoms with Crippen LogP contribution in [0.2, 0.25) is 54.4 Å². The first-order valence-corrected chi connectivity index (χ1v) is 32.1. The van der Waals surface area contributed by atoms with E-state index >= 15 is 0 Å². The van der Waals surface area contributed by atoms with Crippen LogP contribution in [0.25, 0.3) is 0 Å². The summed E-state index contributed by atoms with van der Waals surface area (Å²) in [6, 6.07) is 10.7. The molecule has 1 saturated carbocycles. The Bertz CT molecular complexity index is 1400. The Morgan fingerprint density at radius 3 is 1.72 bits per heavy atom. The zero-order valence-corrected chi connectivity index (χ0v) is 42.0. The first-order chi connectivity index (χ1) is 24.5. The zero-order chi connectivity index (χ0) is 41.4. The third-order valence-electron chi connectivity index (χ3n) is 13.1. The smallest absolute Gasteiger partial charge is 0.234 e. The average Bonchev–Trinajstić information content (AvgIpc) is 3.32. The fraction of sp³-hybridized carbons (Fsp3) is 0.833. The molecule has 12 heteroatoms. The van der Waals surface area contributed by atoms with Crippen molar-refractivity contribution in [3.05, 3.63) is 30.3 Å². The van der Waals surface area contributed by atoms with Crippen LogP contribution in [0.15, 0.2) is 35.2 Å². The second-order valence-electron chi connectivity index (χ2n) is 20.5. The Kier molecular flexibility index (Phi) is 18.4. The van der Waals surface area contributed by atoms with Gasteiger partial charge in [0.05, 0.1) is 24.1 Å². The Morgan fingerprint density at radius 1 is 0.759 bits per heavy atom. The van der Waals surface area contributed by atoms with Gasteiger partial charge in [0.1, 0.15) is 0 Å². The summed E-state index contributed by atoms with van der Waals surface area (Å²) in [5, 5.41) is 0.335. The molecule has 1 aromatic carbocycles. The van der Waals surface area contributed by atoms with Crippen LogP contribution in [0.4, 0.5) is 0 Å².